The smallest absolute Gasteiger partial charge is 0.330 e. The van der Waals surface area contributed by atoms with Gasteiger partial charge in [0.15, 0.2) is 0 Å². The standard InChI is InChI=1S/C13H17ClFNO2/c1-4-16-13(3,12(17)18-5-2)9-6-7-11(15)10(14)8-9/h6-8,16H,4-5H2,1-3H3. The van der Waals surface area contributed by atoms with Crippen molar-refractivity contribution in [2.24, 2.45) is 0 Å². The summed E-state index contributed by atoms with van der Waals surface area (Å²) in [5.41, 5.74) is -0.448. The van der Waals surface area contributed by atoms with Crippen LogP contribution >= 0.6 is 11.6 Å². The zero-order chi connectivity index (χ0) is 13.8. The highest BCUT2D eigenvalue weighted by Crippen LogP contribution is 2.26. The average molecular weight is 274 g/mol. The highest BCUT2D eigenvalue weighted by molar-refractivity contribution is 6.30. The largest absolute Gasteiger partial charge is 0.464 e. The minimum Gasteiger partial charge on any atom is -0.464 e. The van der Waals surface area contributed by atoms with Crippen molar-refractivity contribution >= 4 is 17.6 Å². The lowest BCUT2D eigenvalue weighted by atomic mass is 9.92. The van der Waals surface area contributed by atoms with Gasteiger partial charge in [-0.15, -0.1) is 0 Å². The summed E-state index contributed by atoms with van der Waals surface area (Å²) in [6.07, 6.45) is 0. The molecule has 0 aromatic heterocycles. The first-order valence-electron chi connectivity index (χ1n) is 5.83. The first-order chi connectivity index (χ1) is 8.45. The topological polar surface area (TPSA) is 38.3 Å². The minimum atomic E-state index is -1.03. The van der Waals surface area contributed by atoms with Crippen molar-refractivity contribution in [3.63, 3.8) is 0 Å². The monoisotopic (exact) mass is 273 g/mol. The van der Waals surface area contributed by atoms with Crippen molar-refractivity contribution in [3.8, 4) is 0 Å². The molecule has 1 aromatic carbocycles. The summed E-state index contributed by atoms with van der Waals surface area (Å²) in [6.45, 7) is 6.17. The minimum absolute atomic E-state index is 0.0130. The van der Waals surface area contributed by atoms with Crippen molar-refractivity contribution in [2.75, 3.05) is 13.2 Å². The van der Waals surface area contributed by atoms with Crippen LogP contribution in [0.5, 0.6) is 0 Å². The number of hydrogen-bond acceptors (Lipinski definition) is 3. The van der Waals surface area contributed by atoms with Crippen LogP contribution in [0.3, 0.4) is 0 Å². The number of nitrogens with one attached hydrogen (secondary N) is 1. The molecule has 18 heavy (non-hydrogen) atoms. The second-order valence-electron chi connectivity index (χ2n) is 4.00. The number of benzene rings is 1. The molecule has 0 spiro atoms. The van der Waals surface area contributed by atoms with Crippen LogP contribution in [0.25, 0.3) is 0 Å². The maximum absolute atomic E-state index is 13.2. The van der Waals surface area contributed by atoms with Crippen LogP contribution in [0.2, 0.25) is 5.02 Å². The fourth-order valence-corrected chi connectivity index (χ4v) is 1.91. The Kier molecular flexibility index (Phi) is 5.11. The molecule has 0 heterocycles. The zero-order valence-electron chi connectivity index (χ0n) is 10.7. The first kappa shape index (κ1) is 14.9. The molecule has 100 valence electrons. The summed E-state index contributed by atoms with van der Waals surface area (Å²) in [5, 5.41) is 3.04. The van der Waals surface area contributed by atoms with Gasteiger partial charge in [-0.25, -0.2) is 9.18 Å². The van der Waals surface area contributed by atoms with Gasteiger partial charge in [0.05, 0.1) is 11.6 Å². The molecule has 1 unspecified atom stereocenters. The number of hydrogen-bond donors (Lipinski definition) is 1. The lowest BCUT2D eigenvalue weighted by Gasteiger charge is -2.28. The van der Waals surface area contributed by atoms with E-state index in [-0.39, 0.29) is 11.6 Å². The van der Waals surface area contributed by atoms with Gasteiger partial charge in [-0.2, -0.15) is 0 Å². The Morgan fingerprint density at radius 3 is 2.67 bits per heavy atom. The van der Waals surface area contributed by atoms with Gasteiger partial charge >= 0.3 is 5.97 Å². The molecular weight excluding hydrogens is 257 g/mol. The van der Waals surface area contributed by atoms with Gasteiger partial charge in [-0.05, 0) is 38.1 Å². The molecule has 0 amide bonds. The van der Waals surface area contributed by atoms with E-state index in [0.29, 0.717) is 12.1 Å². The number of esters is 1. The molecule has 0 aliphatic heterocycles. The second kappa shape index (κ2) is 6.16. The third-order valence-electron chi connectivity index (χ3n) is 2.71. The van der Waals surface area contributed by atoms with Gasteiger partial charge in [-0.3, -0.25) is 5.32 Å². The first-order valence-corrected chi connectivity index (χ1v) is 6.21. The third kappa shape index (κ3) is 3.00. The van der Waals surface area contributed by atoms with E-state index in [1.54, 1.807) is 13.8 Å². The predicted molar refractivity (Wildman–Crippen MR) is 69.1 cm³/mol. The number of rotatable bonds is 5. The predicted octanol–water partition coefficient (Wildman–Crippen LogP) is 2.87. The quantitative estimate of drug-likeness (QED) is 0.839. The summed E-state index contributed by atoms with van der Waals surface area (Å²) < 4.78 is 18.2. The van der Waals surface area contributed by atoms with Gasteiger partial charge < -0.3 is 4.74 Å². The molecule has 1 atom stereocenters. The van der Waals surface area contributed by atoms with Gasteiger partial charge in [-0.1, -0.05) is 24.6 Å². The highest BCUT2D eigenvalue weighted by Gasteiger charge is 2.36. The van der Waals surface area contributed by atoms with E-state index >= 15 is 0 Å². The Labute approximate surface area is 111 Å². The third-order valence-corrected chi connectivity index (χ3v) is 3.00. The summed E-state index contributed by atoms with van der Waals surface area (Å²) >= 11 is 5.75. The van der Waals surface area contributed by atoms with E-state index in [9.17, 15) is 9.18 Å². The Balaban J connectivity index is 3.17. The molecule has 1 aromatic rings. The molecule has 0 aliphatic rings. The van der Waals surface area contributed by atoms with Gasteiger partial charge in [0, 0.05) is 0 Å². The summed E-state index contributed by atoms with van der Waals surface area (Å²) in [7, 11) is 0. The van der Waals surface area contributed by atoms with Crippen molar-refractivity contribution in [2.45, 2.75) is 26.3 Å². The number of halogens is 2. The van der Waals surface area contributed by atoms with Crippen LogP contribution in [0.1, 0.15) is 26.3 Å². The molecule has 1 rings (SSSR count). The average Bonchev–Trinajstić information content (AvgIpc) is 2.33. The van der Waals surface area contributed by atoms with Gasteiger partial charge in [0.25, 0.3) is 0 Å². The van der Waals surface area contributed by atoms with Gasteiger partial charge in [0.2, 0.25) is 0 Å². The maximum Gasteiger partial charge on any atom is 0.330 e. The fraction of sp³-hybridized carbons (Fsp3) is 0.462. The Morgan fingerprint density at radius 1 is 1.50 bits per heavy atom. The fourth-order valence-electron chi connectivity index (χ4n) is 1.73. The number of carbonyl (C=O) groups is 1. The van der Waals surface area contributed by atoms with Crippen LogP contribution in [-0.2, 0) is 15.1 Å². The summed E-state index contributed by atoms with van der Waals surface area (Å²) in [6, 6.07) is 4.21. The van der Waals surface area contributed by atoms with E-state index in [2.05, 4.69) is 5.32 Å². The Bertz CT molecular complexity index is 439. The van der Waals surface area contributed by atoms with E-state index in [0.717, 1.165) is 0 Å². The number of carbonyl (C=O) groups excluding carboxylic acids is 1. The lowest BCUT2D eigenvalue weighted by molar-refractivity contribution is -0.151. The van der Waals surface area contributed by atoms with Crippen LogP contribution < -0.4 is 5.32 Å². The maximum atomic E-state index is 13.2. The molecular formula is C13H17ClFNO2. The van der Waals surface area contributed by atoms with Crippen molar-refractivity contribution in [1.82, 2.24) is 5.32 Å². The molecule has 0 fully saturated rings. The zero-order valence-corrected chi connectivity index (χ0v) is 11.5. The van der Waals surface area contributed by atoms with Gasteiger partial charge in [0.1, 0.15) is 11.4 Å². The SMILES string of the molecule is CCNC(C)(C(=O)OCC)c1ccc(F)c(Cl)c1. The van der Waals surface area contributed by atoms with Crippen molar-refractivity contribution in [3.05, 3.63) is 34.6 Å². The molecule has 0 saturated heterocycles. The number of ether oxygens (including phenoxy) is 1. The summed E-state index contributed by atoms with van der Waals surface area (Å²) in [4.78, 5) is 12.0. The second-order valence-corrected chi connectivity index (χ2v) is 4.41. The number of likely N-dealkylation sites (N-methyl/N-ethyl adjacent to an activating group) is 1. The van der Waals surface area contributed by atoms with E-state index in [4.69, 9.17) is 16.3 Å². The Morgan fingerprint density at radius 2 is 2.17 bits per heavy atom. The molecule has 1 N–H and O–H groups in total. The molecule has 5 heteroatoms. The van der Waals surface area contributed by atoms with Crippen molar-refractivity contribution in [1.29, 1.82) is 0 Å². The molecule has 0 bridgehead atoms. The molecule has 0 aliphatic carbocycles. The van der Waals surface area contributed by atoms with Crippen molar-refractivity contribution < 1.29 is 13.9 Å². The lowest BCUT2D eigenvalue weighted by Crippen LogP contribution is -2.47. The normalized spacial score (nSPS) is 14.1. The molecule has 0 saturated carbocycles. The Hall–Kier alpha value is -1.13. The molecule has 3 nitrogen and oxygen atoms in total. The van der Waals surface area contributed by atoms with E-state index in [1.165, 1.54) is 18.2 Å². The van der Waals surface area contributed by atoms with Crippen LogP contribution in [0.4, 0.5) is 4.39 Å². The van der Waals surface area contributed by atoms with E-state index < -0.39 is 17.3 Å². The molecule has 0 radical (unpaired) electrons. The summed E-state index contributed by atoms with van der Waals surface area (Å²) in [5.74, 6) is -0.919. The van der Waals surface area contributed by atoms with Crippen LogP contribution in [0, 0.1) is 5.82 Å². The van der Waals surface area contributed by atoms with Crippen LogP contribution in [0.15, 0.2) is 18.2 Å². The highest BCUT2D eigenvalue weighted by atomic mass is 35.5. The van der Waals surface area contributed by atoms with Crippen LogP contribution in [-0.4, -0.2) is 19.1 Å². The van der Waals surface area contributed by atoms with E-state index in [1.807, 2.05) is 6.92 Å².